The van der Waals surface area contributed by atoms with E-state index in [1.54, 1.807) is 24.2 Å². The molecule has 0 saturated carbocycles. The smallest absolute Gasteiger partial charge is 0.244 e. The Labute approximate surface area is 159 Å². The van der Waals surface area contributed by atoms with Crippen molar-refractivity contribution in [3.63, 3.8) is 0 Å². The highest BCUT2D eigenvalue weighted by molar-refractivity contribution is 5.76. The molecule has 2 aliphatic heterocycles. The summed E-state index contributed by atoms with van der Waals surface area (Å²) in [5.41, 5.74) is 2.29. The number of hydrogen-bond donors (Lipinski definition) is 0. The third-order valence-electron chi connectivity index (χ3n) is 5.77. The molecule has 0 bridgehead atoms. The lowest BCUT2D eigenvalue weighted by Gasteiger charge is -2.52. The van der Waals surface area contributed by atoms with Gasteiger partial charge in [-0.05, 0) is 37.0 Å². The van der Waals surface area contributed by atoms with E-state index >= 15 is 0 Å². The number of likely N-dealkylation sites (tertiary alicyclic amines) is 2. The van der Waals surface area contributed by atoms with Gasteiger partial charge in [0.05, 0.1) is 18.3 Å². The Morgan fingerprint density at radius 3 is 2.74 bits per heavy atom. The second-order valence-corrected chi connectivity index (χ2v) is 7.53. The van der Waals surface area contributed by atoms with Crippen LogP contribution in [0.1, 0.15) is 30.0 Å². The number of carbonyl (C=O) groups is 1. The van der Waals surface area contributed by atoms with Crippen LogP contribution in [0.25, 0.3) is 0 Å². The Hall–Kier alpha value is -2.25. The van der Waals surface area contributed by atoms with E-state index in [9.17, 15) is 4.79 Å². The molecule has 27 heavy (non-hydrogen) atoms. The summed E-state index contributed by atoms with van der Waals surface area (Å²) in [6.45, 7) is 4.86. The Balaban J connectivity index is 1.34. The van der Waals surface area contributed by atoms with Crippen LogP contribution in [0.15, 0.2) is 36.9 Å². The molecule has 2 fully saturated rings. The van der Waals surface area contributed by atoms with Crippen molar-refractivity contribution in [2.45, 2.75) is 44.5 Å². The van der Waals surface area contributed by atoms with Gasteiger partial charge in [0.25, 0.3) is 0 Å². The van der Waals surface area contributed by atoms with E-state index in [-0.39, 0.29) is 18.1 Å². The molecule has 0 radical (unpaired) electrons. The Morgan fingerprint density at radius 1 is 1.30 bits per heavy atom. The molecule has 2 aromatic heterocycles. The number of ether oxygens (including phenoxy) is 1. The maximum absolute atomic E-state index is 12.5. The molecule has 2 unspecified atom stereocenters. The monoisotopic (exact) mass is 369 g/mol. The number of methoxy groups -OCH3 is 1. The summed E-state index contributed by atoms with van der Waals surface area (Å²) >= 11 is 0. The summed E-state index contributed by atoms with van der Waals surface area (Å²) in [5, 5.41) is 4.22. The highest BCUT2D eigenvalue weighted by Gasteiger charge is 2.44. The Kier molecular flexibility index (Phi) is 5.22. The van der Waals surface area contributed by atoms with Gasteiger partial charge in [0.15, 0.2) is 0 Å². The predicted octanol–water partition coefficient (Wildman–Crippen LogP) is 1.65. The first kappa shape index (κ1) is 18.1. The summed E-state index contributed by atoms with van der Waals surface area (Å²) < 4.78 is 7.38. The van der Waals surface area contributed by atoms with Crippen molar-refractivity contribution in [1.82, 2.24) is 24.6 Å². The van der Waals surface area contributed by atoms with Crippen molar-refractivity contribution in [1.29, 1.82) is 0 Å². The normalized spacial score (nSPS) is 24.0. The number of pyridine rings is 1. The summed E-state index contributed by atoms with van der Waals surface area (Å²) in [6.07, 6.45) is 9.65. The third-order valence-corrected chi connectivity index (χ3v) is 5.77. The standard InChI is InChI=1S/C20H27N5O2/c1-15-10-22-24(12-15)14-19(26)23-8-5-17(6-9-23)25-13-18(27-2)20(25)16-4-3-7-21-11-16/h3-4,7,10-12,17-18,20H,5-6,8-9,13-14H2,1-2H3. The summed E-state index contributed by atoms with van der Waals surface area (Å²) in [4.78, 5) is 21.3. The summed E-state index contributed by atoms with van der Waals surface area (Å²) in [7, 11) is 1.78. The van der Waals surface area contributed by atoms with Crippen LogP contribution >= 0.6 is 0 Å². The van der Waals surface area contributed by atoms with Crippen LogP contribution < -0.4 is 0 Å². The van der Waals surface area contributed by atoms with E-state index in [0.29, 0.717) is 12.6 Å². The average molecular weight is 369 g/mol. The van der Waals surface area contributed by atoms with Crippen LogP contribution in [0.2, 0.25) is 0 Å². The lowest BCUT2D eigenvalue weighted by atomic mass is 9.87. The first-order valence-corrected chi connectivity index (χ1v) is 9.61. The molecule has 4 rings (SSSR count). The van der Waals surface area contributed by atoms with Gasteiger partial charge < -0.3 is 9.64 Å². The van der Waals surface area contributed by atoms with Crippen LogP contribution in [0.4, 0.5) is 0 Å². The van der Waals surface area contributed by atoms with E-state index in [1.165, 1.54) is 5.56 Å². The number of amides is 1. The van der Waals surface area contributed by atoms with Gasteiger partial charge in [-0.2, -0.15) is 5.10 Å². The number of piperidine rings is 1. The molecule has 144 valence electrons. The van der Waals surface area contributed by atoms with E-state index in [0.717, 1.165) is 38.0 Å². The molecule has 7 heteroatoms. The van der Waals surface area contributed by atoms with Gasteiger partial charge in [0, 0.05) is 51.4 Å². The van der Waals surface area contributed by atoms with Gasteiger partial charge in [0.2, 0.25) is 5.91 Å². The fourth-order valence-corrected chi connectivity index (χ4v) is 4.27. The van der Waals surface area contributed by atoms with Crippen LogP contribution in [0.5, 0.6) is 0 Å². The number of nitrogens with zero attached hydrogens (tertiary/aromatic N) is 5. The molecule has 2 saturated heterocycles. The molecule has 0 spiro atoms. The fraction of sp³-hybridized carbons (Fsp3) is 0.550. The zero-order valence-electron chi connectivity index (χ0n) is 16.0. The largest absolute Gasteiger partial charge is 0.378 e. The van der Waals surface area contributed by atoms with Crippen molar-refractivity contribution in [3.8, 4) is 0 Å². The van der Waals surface area contributed by atoms with Gasteiger partial charge in [-0.3, -0.25) is 19.4 Å². The Morgan fingerprint density at radius 2 is 2.11 bits per heavy atom. The molecule has 7 nitrogen and oxygen atoms in total. The molecular weight excluding hydrogens is 342 g/mol. The predicted molar refractivity (Wildman–Crippen MR) is 101 cm³/mol. The lowest BCUT2D eigenvalue weighted by molar-refractivity contribution is -0.138. The molecule has 2 aliphatic rings. The van der Waals surface area contributed by atoms with E-state index in [2.05, 4.69) is 21.0 Å². The number of hydrogen-bond acceptors (Lipinski definition) is 5. The first-order valence-electron chi connectivity index (χ1n) is 9.61. The van der Waals surface area contributed by atoms with Crippen molar-refractivity contribution in [2.24, 2.45) is 0 Å². The SMILES string of the molecule is COC1CN(C2CCN(C(=O)Cn3cc(C)cn3)CC2)C1c1cccnc1. The minimum Gasteiger partial charge on any atom is -0.378 e. The Bertz CT molecular complexity index is 770. The van der Waals surface area contributed by atoms with Gasteiger partial charge >= 0.3 is 0 Å². The molecular formula is C20H27N5O2. The van der Waals surface area contributed by atoms with E-state index in [1.807, 2.05) is 30.3 Å². The second kappa shape index (κ2) is 7.78. The molecule has 0 N–H and O–H groups in total. The average Bonchev–Trinajstić information content (AvgIpc) is 3.07. The quantitative estimate of drug-likeness (QED) is 0.802. The highest BCUT2D eigenvalue weighted by atomic mass is 16.5. The maximum atomic E-state index is 12.5. The molecule has 1 amide bonds. The zero-order chi connectivity index (χ0) is 18.8. The first-order chi connectivity index (χ1) is 13.2. The topological polar surface area (TPSA) is 63.5 Å². The van der Waals surface area contributed by atoms with Crippen molar-refractivity contribution in [3.05, 3.63) is 48.0 Å². The minimum absolute atomic E-state index is 0.152. The van der Waals surface area contributed by atoms with Crippen LogP contribution in [0.3, 0.4) is 0 Å². The summed E-state index contributed by atoms with van der Waals surface area (Å²) in [6, 6.07) is 4.86. The summed E-state index contributed by atoms with van der Waals surface area (Å²) in [5.74, 6) is 0.152. The number of carbonyl (C=O) groups excluding carboxylic acids is 1. The van der Waals surface area contributed by atoms with E-state index < -0.39 is 0 Å². The van der Waals surface area contributed by atoms with Crippen molar-refractivity contribution in [2.75, 3.05) is 26.7 Å². The molecule has 4 heterocycles. The maximum Gasteiger partial charge on any atom is 0.244 e. The van der Waals surface area contributed by atoms with Gasteiger partial charge in [-0.25, -0.2) is 0 Å². The van der Waals surface area contributed by atoms with Crippen molar-refractivity contribution >= 4 is 5.91 Å². The fourth-order valence-electron chi connectivity index (χ4n) is 4.27. The third kappa shape index (κ3) is 3.75. The molecule has 0 aliphatic carbocycles. The van der Waals surface area contributed by atoms with Gasteiger partial charge in [-0.1, -0.05) is 6.07 Å². The zero-order valence-corrected chi connectivity index (χ0v) is 16.0. The van der Waals surface area contributed by atoms with Crippen LogP contribution in [-0.4, -0.2) is 69.4 Å². The second-order valence-electron chi connectivity index (χ2n) is 7.53. The number of aryl methyl sites for hydroxylation is 1. The molecule has 2 aromatic rings. The van der Waals surface area contributed by atoms with Crippen molar-refractivity contribution < 1.29 is 9.53 Å². The number of aromatic nitrogens is 3. The number of rotatable bonds is 5. The molecule has 0 aromatic carbocycles. The van der Waals surface area contributed by atoms with Gasteiger partial charge in [0.1, 0.15) is 6.54 Å². The lowest BCUT2D eigenvalue weighted by Crippen LogP contribution is -2.60. The van der Waals surface area contributed by atoms with Crippen LogP contribution in [0, 0.1) is 6.92 Å². The van der Waals surface area contributed by atoms with E-state index in [4.69, 9.17) is 4.74 Å². The highest BCUT2D eigenvalue weighted by Crippen LogP contribution is 2.39. The van der Waals surface area contributed by atoms with Gasteiger partial charge in [-0.15, -0.1) is 0 Å². The van der Waals surface area contributed by atoms with Crippen LogP contribution in [-0.2, 0) is 16.1 Å². The minimum atomic E-state index is 0.152. The molecule has 2 atom stereocenters.